The molecule has 0 fully saturated rings. The highest BCUT2D eigenvalue weighted by Gasteiger charge is 2.05. The molecule has 50 valence electrons. The first-order valence-electron chi connectivity index (χ1n) is 2.81. The predicted octanol–water partition coefficient (Wildman–Crippen LogP) is 0.936. The maximum atomic E-state index is 11.0. The van der Waals surface area contributed by atoms with Crippen molar-refractivity contribution in [1.82, 2.24) is 8.75 Å². The molecule has 0 radical (unpaired) electrons. The van der Waals surface area contributed by atoms with Crippen molar-refractivity contribution in [3.05, 3.63) is 28.4 Å². The second-order valence-corrected chi connectivity index (χ2v) is 2.51. The second-order valence-electron chi connectivity index (χ2n) is 1.94. The minimum Gasteiger partial charge on any atom is -0.293 e. The van der Waals surface area contributed by atoms with Crippen LogP contribution in [0.4, 0.5) is 0 Å². The summed E-state index contributed by atoms with van der Waals surface area (Å²) in [6, 6.07) is 5.06. The maximum Gasteiger partial charge on any atom is 0.207 e. The number of rotatable bonds is 0. The molecule has 1 aliphatic carbocycles. The molecule has 0 aromatic heterocycles. The lowest BCUT2D eigenvalue weighted by Crippen LogP contribution is -2.01. The van der Waals surface area contributed by atoms with Crippen molar-refractivity contribution in [1.29, 1.82) is 0 Å². The molecule has 2 rings (SSSR count). The normalized spacial score (nSPS) is 10.4. The molecule has 4 heteroatoms. The van der Waals surface area contributed by atoms with E-state index in [0.29, 0.717) is 5.69 Å². The Morgan fingerprint density at radius 2 is 2.40 bits per heavy atom. The van der Waals surface area contributed by atoms with Crippen LogP contribution in [0.2, 0.25) is 0 Å². The molecule has 2 aliphatic rings. The number of hydrogen-bond acceptors (Lipinski definition) is 3. The third-order valence-corrected chi connectivity index (χ3v) is 1.88. The third-order valence-electron chi connectivity index (χ3n) is 1.29. The average Bonchev–Trinajstić information content (AvgIpc) is 2.36. The molecule has 0 aromatic carbocycles. The van der Waals surface area contributed by atoms with Crippen LogP contribution in [-0.2, 0) is 0 Å². The van der Waals surface area contributed by atoms with E-state index in [4.69, 9.17) is 0 Å². The van der Waals surface area contributed by atoms with Crippen LogP contribution < -0.4 is 5.43 Å². The minimum absolute atomic E-state index is 0.0185. The number of hydrogen-bond donors (Lipinski definition) is 1. The molecule has 10 heavy (non-hydrogen) atoms. The number of aromatic amines is 1. The van der Waals surface area contributed by atoms with Crippen LogP contribution in [0, 0.1) is 0 Å². The Morgan fingerprint density at radius 1 is 1.50 bits per heavy atom. The molecular weight excluding hydrogens is 148 g/mol. The summed E-state index contributed by atoms with van der Waals surface area (Å²) < 4.78 is 6.78. The molecule has 0 amide bonds. The van der Waals surface area contributed by atoms with Gasteiger partial charge in [-0.25, -0.2) is 0 Å². The first-order valence-corrected chi connectivity index (χ1v) is 3.58. The Morgan fingerprint density at radius 3 is 3.20 bits per heavy atom. The number of nitrogens with zero attached hydrogens (tertiary/aromatic N) is 1. The van der Waals surface area contributed by atoms with Gasteiger partial charge >= 0.3 is 0 Å². The fraction of sp³-hybridized carbons (Fsp3) is 0. The predicted molar refractivity (Wildman–Crippen MR) is 39.4 cm³/mol. The summed E-state index contributed by atoms with van der Waals surface area (Å²) in [6.07, 6.45) is 0. The van der Waals surface area contributed by atoms with Crippen LogP contribution in [0.3, 0.4) is 0 Å². The Kier molecular flexibility index (Phi) is 1.07. The Hall–Kier alpha value is -1.16. The minimum atomic E-state index is -0.0185. The number of H-pyrrole nitrogens is 1. The van der Waals surface area contributed by atoms with Gasteiger partial charge in [0.05, 0.1) is 5.69 Å². The average molecular weight is 152 g/mol. The summed E-state index contributed by atoms with van der Waals surface area (Å²) in [5.41, 5.74) is 1.33. The molecule has 3 nitrogen and oxygen atoms in total. The SMILES string of the molecule is O=c1cccc2[nH]snc1-2. The van der Waals surface area contributed by atoms with Gasteiger partial charge < -0.3 is 0 Å². The largest absolute Gasteiger partial charge is 0.293 e. The van der Waals surface area contributed by atoms with Crippen molar-refractivity contribution in [3.63, 3.8) is 0 Å². The molecule has 1 heterocycles. The first-order chi connectivity index (χ1) is 4.88. The molecule has 0 bridgehead atoms. The molecule has 0 saturated heterocycles. The van der Waals surface area contributed by atoms with Gasteiger partial charge in [-0.1, -0.05) is 6.07 Å². The van der Waals surface area contributed by atoms with E-state index in [0.717, 1.165) is 5.69 Å². The van der Waals surface area contributed by atoms with E-state index < -0.39 is 0 Å². The van der Waals surface area contributed by atoms with E-state index in [1.807, 2.05) is 6.07 Å². The smallest absolute Gasteiger partial charge is 0.207 e. The van der Waals surface area contributed by atoms with Gasteiger partial charge in [0.2, 0.25) is 5.43 Å². The summed E-state index contributed by atoms with van der Waals surface area (Å²) in [5.74, 6) is 0. The van der Waals surface area contributed by atoms with Crippen molar-refractivity contribution < 1.29 is 0 Å². The summed E-state index contributed by atoms with van der Waals surface area (Å²) in [6.45, 7) is 0. The fourth-order valence-electron chi connectivity index (χ4n) is 0.816. The lowest BCUT2D eigenvalue weighted by atomic mass is 10.2. The molecule has 0 unspecified atom stereocenters. The van der Waals surface area contributed by atoms with Gasteiger partial charge in [-0.3, -0.25) is 9.17 Å². The monoisotopic (exact) mass is 152 g/mol. The zero-order valence-corrected chi connectivity index (χ0v) is 5.81. The van der Waals surface area contributed by atoms with Crippen LogP contribution in [0.5, 0.6) is 0 Å². The van der Waals surface area contributed by atoms with Gasteiger partial charge in [0.25, 0.3) is 0 Å². The summed E-state index contributed by atoms with van der Waals surface area (Å²) in [7, 11) is 0. The van der Waals surface area contributed by atoms with Crippen LogP contribution >= 0.6 is 11.7 Å². The van der Waals surface area contributed by atoms with Gasteiger partial charge in [-0.15, -0.1) is 0 Å². The Balaban J connectivity index is 2.93. The second kappa shape index (κ2) is 1.91. The highest BCUT2D eigenvalue weighted by Crippen LogP contribution is 2.11. The topological polar surface area (TPSA) is 45.8 Å². The summed E-state index contributed by atoms with van der Waals surface area (Å²) >= 11 is 1.19. The van der Waals surface area contributed by atoms with E-state index in [-0.39, 0.29) is 5.43 Å². The van der Waals surface area contributed by atoms with E-state index in [2.05, 4.69) is 8.75 Å². The first kappa shape index (κ1) is 5.61. The highest BCUT2D eigenvalue weighted by molar-refractivity contribution is 6.99. The lowest BCUT2D eigenvalue weighted by molar-refractivity contribution is 1.41. The molecule has 0 saturated carbocycles. The number of nitrogens with one attached hydrogen (secondary N) is 1. The van der Waals surface area contributed by atoms with Gasteiger partial charge in [-0.2, -0.15) is 4.37 Å². The van der Waals surface area contributed by atoms with Gasteiger partial charge in [-0.05, 0) is 12.1 Å². The van der Waals surface area contributed by atoms with Gasteiger partial charge in [0, 0.05) is 11.7 Å². The van der Waals surface area contributed by atoms with Crippen molar-refractivity contribution in [2.24, 2.45) is 0 Å². The molecule has 0 aromatic rings. The Labute approximate surface area is 61.0 Å². The van der Waals surface area contributed by atoms with Crippen LogP contribution in [-0.4, -0.2) is 8.75 Å². The van der Waals surface area contributed by atoms with Crippen LogP contribution in [0.25, 0.3) is 11.4 Å². The van der Waals surface area contributed by atoms with Crippen LogP contribution in [0.1, 0.15) is 0 Å². The molecule has 1 aliphatic heterocycles. The fourth-order valence-corrected chi connectivity index (χ4v) is 1.40. The van der Waals surface area contributed by atoms with Crippen LogP contribution in [0.15, 0.2) is 23.0 Å². The van der Waals surface area contributed by atoms with Gasteiger partial charge in [0.1, 0.15) is 5.69 Å². The number of benzene rings is 1. The van der Waals surface area contributed by atoms with E-state index in [9.17, 15) is 4.79 Å². The van der Waals surface area contributed by atoms with Crippen molar-refractivity contribution in [2.75, 3.05) is 0 Å². The quantitative estimate of drug-likeness (QED) is 0.610. The van der Waals surface area contributed by atoms with Crippen molar-refractivity contribution in [2.45, 2.75) is 0 Å². The lowest BCUT2D eigenvalue weighted by Gasteiger charge is -1.87. The highest BCUT2D eigenvalue weighted by atomic mass is 32.1. The van der Waals surface area contributed by atoms with Gasteiger partial charge in [0.15, 0.2) is 0 Å². The Bertz CT molecular complexity index is 364. The number of aromatic nitrogens is 2. The summed E-state index contributed by atoms with van der Waals surface area (Å²) in [4.78, 5) is 11.0. The molecular formula is C6H4N2OS. The maximum absolute atomic E-state index is 11.0. The van der Waals surface area contributed by atoms with E-state index >= 15 is 0 Å². The van der Waals surface area contributed by atoms with Crippen molar-refractivity contribution >= 4 is 11.7 Å². The third kappa shape index (κ3) is 0.657. The standard InChI is InChI=1S/C6H4N2OS/c9-5-3-1-2-4-6(5)8-10-7-4/h1-3,7H. The van der Waals surface area contributed by atoms with Crippen molar-refractivity contribution in [3.8, 4) is 11.4 Å². The molecule has 0 atom stereocenters. The molecule has 0 spiro atoms. The number of fused-ring (bicyclic) bond motifs is 1. The molecule has 1 N–H and O–H groups in total. The zero-order valence-electron chi connectivity index (χ0n) is 5.00. The zero-order chi connectivity index (χ0) is 6.97. The van der Waals surface area contributed by atoms with E-state index in [1.165, 1.54) is 17.8 Å². The summed E-state index contributed by atoms with van der Waals surface area (Å²) in [5, 5.41) is 0. The van der Waals surface area contributed by atoms with E-state index in [1.54, 1.807) is 6.07 Å².